The minimum absolute atomic E-state index is 0.0527. The molecule has 2 aromatic rings. The highest BCUT2D eigenvalue weighted by atomic mass is 16.5. The molecular formula is C15H18N2O3. The standard InChI is InChI=1S/C15H18N2O3/c1-9(2)6-11-8-14(19)17-15(16-11)10-4-5-12(18)13(7-10)20-3/h4-5,7-9,18H,6H2,1-3H3,(H,16,17,19). The van der Waals surface area contributed by atoms with Crippen LogP contribution in [0.2, 0.25) is 0 Å². The molecule has 0 fully saturated rings. The van der Waals surface area contributed by atoms with Crippen molar-refractivity contribution in [3.63, 3.8) is 0 Å². The van der Waals surface area contributed by atoms with E-state index in [-0.39, 0.29) is 11.3 Å². The Morgan fingerprint density at radius 1 is 1.35 bits per heavy atom. The van der Waals surface area contributed by atoms with E-state index in [1.54, 1.807) is 12.1 Å². The molecule has 0 saturated carbocycles. The van der Waals surface area contributed by atoms with Crippen molar-refractivity contribution < 1.29 is 9.84 Å². The highest BCUT2D eigenvalue weighted by Crippen LogP contribution is 2.29. The van der Waals surface area contributed by atoms with Crippen LogP contribution in [-0.4, -0.2) is 22.2 Å². The van der Waals surface area contributed by atoms with Crippen LogP contribution in [0.1, 0.15) is 19.5 Å². The topological polar surface area (TPSA) is 75.2 Å². The highest BCUT2D eigenvalue weighted by Gasteiger charge is 2.09. The molecular weight excluding hydrogens is 256 g/mol. The number of nitrogens with zero attached hydrogens (tertiary/aromatic N) is 1. The summed E-state index contributed by atoms with van der Waals surface area (Å²) in [6.07, 6.45) is 0.742. The van der Waals surface area contributed by atoms with Gasteiger partial charge in [0.2, 0.25) is 0 Å². The number of aromatic amines is 1. The van der Waals surface area contributed by atoms with E-state index in [0.29, 0.717) is 23.1 Å². The lowest BCUT2D eigenvalue weighted by Gasteiger charge is -2.08. The highest BCUT2D eigenvalue weighted by molar-refractivity contribution is 5.60. The number of hydrogen-bond donors (Lipinski definition) is 2. The van der Waals surface area contributed by atoms with Crippen molar-refractivity contribution in [2.24, 2.45) is 5.92 Å². The SMILES string of the molecule is COc1cc(-c2nc(CC(C)C)cc(=O)[nH]2)ccc1O. The lowest BCUT2D eigenvalue weighted by atomic mass is 10.1. The van der Waals surface area contributed by atoms with Gasteiger partial charge in [0.15, 0.2) is 11.5 Å². The van der Waals surface area contributed by atoms with E-state index in [2.05, 4.69) is 23.8 Å². The molecule has 0 aliphatic carbocycles. The summed E-state index contributed by atoms with van der Waals surface area (Å²) in [7, 11) is 1.48. The molecule has 0 aliphatic heterocycles. The van der Waals surface area contributed by atoms with Gasteiger partial charge in [-0.25, -0.2) is 4.98 Å². The fourth-order valence-electron chi connectivity index (χ4n) is 1.99. The smallest absolute Gasteiger partial charge is 0.251 e. The molecule has 1 heterocycles. The fraction of sp³-hybridized carbons (Fsp3) is 0.333. The van der Waals surface area contributed by atoms with Gasteiger partial charge in [0.1, 0.15) is 5.82 Å². The third kappa shape index (κ3) is 3.17. The first-order chi connectivity index (χ1) is 9.49. The summed E-state index contributed by atoms with van der Waals surface area (Å²) in [5, 5.41) is 9.59. The first-order valence-corrected chi connectivity index (χ1v) is 6.47. The lowest BCUT2D eigenvalue weighted by Crippen LogP contribution is -2.11. The maximum Gasteiger partial charge on any atom is 0.251 e. The zero-order chi connectivity index (χ0) is 14.7. The quantitative estimate of drug-likeness (QED) is 0.897. The minimum atomic E-state index is -0.183. The Hall–Kier alpha value is -2.30. The second-order valence-corrected chi connectivity index (χ2v) is 5.07. The number of H-pyrrole nitrogens is 1. The van der Waals surface area contributed by atoms with Crippen LogP contribution >= 0.6 is 0 Å². The first-order valence-electron chi connectivity index (χ1n) is 6.47. The molecule has 5 nitrogen and oxygen atoms in total. The number of ether oxygens (including phenoxy) is 1. The zero-order valence-electron chi connectivity index (χ0n) is 11.8. The monoisotopic (exact) mass is 274 g/mol. The summed E-state index contributed by atoms with van der Waals surface area (Å²) in [6, 6.07) is 6.37. The number of aromatic nitrogens is 2. The van der Waals surface area contributed by atoms with Gasteiger partial charge >= 0.3 is 0 Å². The van der Waals surface area contributed by atoms with Gasteiger partial charge in [-0.15, -0.1) is 0 Å². The Bertz CT molecular complexity index is 662. The van der Waals surface area contributed by atoms with Crippen molar-refractivity contribution in [1.82, 2.24) is 9.97 Å². The summed E-state index contributed by atoms with van der Waals surface area (Å²) in [5.41, 5.74) is 1.27. The molecule has 0 bridgehead atoms. The molecule has 0 spiro atoms. The Morgan fingerprint density at radius 2 is 2.10 bits per heavy atom. The van der Waals surface area contributed by atoms with E-state index in [1.807, 2.05) is 0 Å². The number of phenolic OH excluding ortho intramolecular Hbond substituents is 1. The van der Waals surface area contributed by atoms with Gasteiger partial charge in [0.25, 0.3) is 5.56 Å². The number of aromatic hydroxyl groups is 1. The van der Waals surface area contributed by atoms with E-state index >= 15 is 0 Å². The van der Waals surface area contributed by atoms with Crippen molar-refractivity contribution in [3.8, 4) is 22.9 Å². The number of benzene rings is 1. The fourth-order valence-corrected chi connectivity index (χ4v) is 1.99. The van der Waals surface area contributed by atoms with Crippen molar-refractivity contribution in [2.45, 2.75) is 20.3 Å². The van der Waals surface area contributed by atoms with Crippen molar-refractivity contribution >= 4 is 0 Å². The molecule has 0 unspecified atom stereocenters. The molecule has 20 heavy (non-hydrogen) atoms. The third-order valence-corrected chi connectivity index (χ3v) is 2.87. The Kier molecular flexibility index (Phi) is 4.08. The van der Waals surface area contributed by atoms with Gasteiger partial charge < -0.3 is 14.8 Å². The number of methoxy groups -OCH3 is 1. The summed E-state index contributed by atoms with van der Waals surface area (Å²) >= 11 is 0. The number of rotatable bonds is 4. The van der Waals surface area contributed by atoms with E-state index in [1.165, 1.54) is 19.2 Å². The molecule has 1 aromatic carbocycles. The molecule has 106 valence electrons. The van der Waals surface area contributed by atoms with Crippen LogP contribution in [0.25, 0.3) is 11.4 Å². The van der Waals surface area contributed by atoms with Crippen molar-refractivity contribution in [2.75, 3.05) is 7.11 Å². The van der Waals surface area contributed by atoms with Gasteiger partial charge in [0.05, 0.1) is 7.11 Å². The largest absolute Gasteiger partial charge is 0.504 e. The van der Waals surface area contributed by atoms with Crippen molar-refractivity contribution in [1.29, 1.82) is 0 Å². The van der Waals surface area contributed by atoms with Crippen LogP contribution in [0.4, 0.5) is 0 Å². The number of nitrogens with one attached hydrogen (secondary N) is 1. The van der Waals surface area contributed by atoms with Crippen LogP contribution < -0.4 is 10.3 Å². The van der Waals surface area contributed by atoms with Gasteiger partial charge in [0, 0.05) is 17.3 Å². The molecule has 5 heteroatoms. The maximum absolute atomic E-state index is 11.7. The van der Waals surface area contributed by atoms with Crippen LogP contribution in [0, 0.1) is 5.92 Å². The summed E-state index contributed by atoms with van der Waals surface area (Å²) in [5.74, 6) is 1.30. The van der Waals surface area contributed by atoms with Gasteiger partial charge in [-0.1, -0.05) is 13.8 Å². The predicted molar refractivity (Wildman–Crippen MR) is 77.1 cm³/mol. The van der Waals surface area contributed by atoms with Crippen LogP contribution in [0.15, 0.2) is 29.1 Å². The molecule has 2 N–H and O–H groups in total. The summed E-state index contributed by atoms with van der Waals surface area (Å²) in [4.78, 5) is 18.9. The van der Waals surface area contributed by atoms with Crippen LogP contribution in [0.5, 0.6) is 11.5 Å². The lowest BCUT2D eigenvalue weighted by molar-refractivity contribution is 0.373. The average Bonchev–Trinajstić information content (AvgIpc) is 2.37. The Balaban J connectivity index is 2.46. The van der Waals surface area contributed by atoms with E-state index < -0.39 is 0 Å². The molecule has 0 radical (unpaired) electrons. The molecule has 0 aliphatic rings. The maximum atomic E-state index is 11.7. The zero-order valence-corrected chi connectivity index (χ0v) is 11.8. The van der Waals surface area contributed by atoms with Crippen molar-refractivity contribution in [3.05, 3.63) is 40.3 Å². The Morgan fingerprint density at radius 3 is 2.75 bits per heavy atom. The average molecular weight is 274 g/mol. The molecule has 0 atom stereocenters. The van der Waals surface area contributed by atoms with Crippen LogP contribution in [-0.2, 0) is 6.42 Å². The number of phenols is 1. The minimum Gasteiger partial charge on any atom is -0.504 e. The third-order valence-electron chi connectivity index (χ3n) is 2.87. The van der Waals surface area contributed by atoms with E-state index in [4.69, 9.17) is 4.74 Å². The number of hydrogen-bond acceptors (Lipinski definition) is 4. The summed E-state index contributed by atoms with van der Waals surface area (Å²) < 4.78 is 5.06. The normalized spacial score (nSPS) is 10.8. The molecule has 2 rings (SSSR count). The van der Waals surface area contributed by atoms with E-state index in [0.717, 1.165) is 12.1 Å². The second-order valence-electron chi connectivity index (χ2n) is 5.07. The summed E-state index contributed by atoms with van der Waals surface area (Å²) in [6.45, 7) is 4.15. The van der Waals surface area contributed by atoms with Gasteiger partial charge in [-0.3, -0.25) is 4.79 Å². The van der Waals surface area contributed by atoms with Gasteiger partial charge in [-0.05, 0) is 30.5 Å². The molecule has 0 saturated heterocycles. The van der Waals surface area contributed by atoms with Crippen LogP contribution in [0.3, 0.4) is 0 Å². The second kappa shape index (κ2) is 5.77. The van der Waals surface area contributed by atoms with E-state index in [9.17, 15) is 9.90 Å². The predicted octanol–water partition coefficient (Wildman–Crippen LogP) is 2.35. The molecule has 1 aromatic heterocycles. The first kappa shape index (κ1) is 14.1. The Labute approximate surface area is 117 Å². The van der Waals surface area contributed by atoms with Gasteiger partial charge in [-0.2, -0.15) is 0 Å². The molecule has 0 amide bonds.